The third kappa shape index (κ3) is 2.36. The van der Waals surface area contributed by atoms with E-state index < -0.39 is 0 Å². The summed E-state index contributed by atoms with van der Waals surface area (Å²) < 4.78 is 5.29. The fourth-order valence-electron chi connectivity index (χ4n) is 3.01. The summed E-state index contributed by atoms with van der Waals surface area (Å²) in [4.78, 5) is 6.70. The van der Waals surface area contributed by atoms with Crippen LogP contribution >= 0.6 is 0 Å². The Morgan fingerprint density at radius 2 is 2.09 bits per heavy atom. The second-order valence-electron chi connectivity index (χ2n) is 6.20. The van der Waals surface area contributed by atoms with Gasteiger partial charge in [-0.2, -0.15) is 0 Å². The van der Waals surface area contributed by atoms with E-state index in [0.717, 1.165) is 35.5 Å². The Labute approximate surface area is 130 Å². The number of hydrogen-bond donors (Lipinski definition) is 1. The summed E-state index contributed by atoms with van der Waals surface area (Å²) in [5.41, 5.74) is 9.99. The van der Waals surface area contributed by atoms with Crippen LogP contribution in [0.2, 0.25) is 0 Å². The van der Waals surface area contributed by atoms with Crippen LogP contribution in [0.5, 0.6) is 0 Å². The second kappa shape index (κ2) is 5.16. The van der Waals surface area contributed by atoms with Gasteiger partial charge in [-0.15, -0.1) is 0 Å². The van der Waals surface area contributed by atoms with E-state index in [1.807, 2.05) is 25.8 Å². The number of aryl methyl sites for hydroxylation is 2. The first kappa shape index (κ1) is 14.6. The van der Waals surface area contributed by atoms with Gasteiger partial charge in [0, 0.05) is 19.2 Å². The van der Waals surface area contributed by atoms with Gasteiger partial charge in [0.25, 0.3) is 0 Å². The summed E-state index contributed by atoms with van der Waals surface area (Å²) in [7, 11) is 1.97. The molecule has 0 fully saturated rings. The molecule has 0 bridgehead atoms. The van der Waals surface area contributed by atoms with Crippen molar-refractivity contribution in [1.29, 1.82) is 0 Å². The van der Waals surface area contributed by atoms with E-state index in [0.29, 0.717) is 5.96 Å². The largest absolute Gasteiger partial charge is 0.370 e. The van der Waals surface area contributed by atoms with Gasteiger partial charge in [0.15, 0.2) is 5.96 Å². The smallest absolute Gasteiger partial charge is 0.191 e. The zero-order chi connectivity index (χ0) is 15.9. The highest BCUT2D eigenvalue weighted by Crippen LogP contribution is 2.35. The molecule has 1 aromatic heterocycles. The molecule has 1 atom stereocenters. The quantitative estimate of drug-likeness (QED) is 0.925. The van der Waals surface area contributed by atoms with Gasteiger partial charge in [0.1, 0.15) is 5.76 Å². The third-order valence-electron chi connectivity index (χ3n) is 4.49. The molecule has 1 aliphatic rings. The summed E-state index contributed by atoms with van der Waals surface area (Å²) in [5, 5.41) is 4.04. The number of guanidine groups is 1. The van der Waals surface area contributed by atoms with Crippen LogP contribution in [0.3, 0.4) is 0 Å². The molecule has 0 spiro atoms. The molecular weight excluding hydrogens is 276 g/mol. The van der Waals surface area contributed by atoms with Crippen molar-refractivity contribution >= 4 is 5.96 Å². The second-order valence-corrected chi connectivity index (χ2v) is 6.20. The van der Waals surface area contributed by atoms with E-state index in [4.69, 9.17) is 15.2 Å². The Balaban J connectivity index is 2.06. The normalized spacial score (nSPS) is 21.8. The highest BCUT2D eigenvalue weighted by atomic mass is 16.5. The van der Waals surface area contributed by atoms with Gasteiger partial charge in [-0.05, 0) is 44.4 Å². The molecule has 116 valence electrons. The van der Waals surface area contributed by atoms with Crippen molar-refractivity contribution < 1.29 is 4.52 Å². The van der Waals surface area contributed by atoms with E-state index in [1.165, 1.54) is 5.56 Å². The minimum atomic E-state index is -0.286. The van der Waals surface area contributed by atoms with Crippen molar-refractivity contribution in [3.05, 3.63) is 41.3 Å². The summed E-state index contributed by atoms with van der Waals surface area (Å²) in [6.07, 6.45) is 0.940. The molecule has 2 aromatic rings. The number of aromatic nitrogens is 1. The highest BCUT2D eigenvalue weighted by molar-refractivity contribution is 5.79. The maximum absolute atomic E-state index is 6.02. The molecule has 5 heteroatoms. The maximum Gasteiger partial charge on any atom is 0.191 e. The van der Waals surface area contributed by atoms with Crippen molar-refractivity contribution in [1.82, 2.24) is 10.1 Å². The third-order valence-corrected chi connectivity index (χ3v) is 4.49. The van der Waals surface area contributed by atoms with Crippen LogP contribution in [0.15, 0.2) is 33.8 Å². The van der Waals surface area contributed by atoms with Gasteiger partial charge >= 0.3 is 0 Å². The average molecular weight is 298 g/mol. The van der Waals surface area contributed by atoms with Crippen LogP contribution in [0, 0.1) is 13.8 Å². The Morgan fingerprint density at radius 3 is 2.73 bits per heavy atom. The Hall–Kier alpha value is -2.30. The summed E-state index contributed by atoms with van der Waals surface area (Å²) in [6, 6.07) is 8.44. The van der Waals surface area contributed by atoms with Gasteiger partial charge in [0.2, 0.25) is 0 Å². The van der Waals surface area contributed by atoms with Crippen LogP contribution in [0.1, 0.15) is 30.4 Å². The molecule has 0 radical (unpaired) electrons. The van der Waals surface area contributed by atoms with E-state index in [1.54, 1.807) is 0 Å². The molecule has 0 saturated heterocycles. The Bertz CT molecular complexity index is 715. The number of nitrogens with two attached hydrogens (primary N) is 1. The zero-order valence-electron chi connectivity index (χ0n) is 13.6. The standard InChI is InChI=1S/C17H22N4O/c1-11-15(12(2)22-20-11)13-6-5-7-14(10-13)17(3)8-9-21(4)16(18)19-17/h5-7,10H,8-9H2,1-4H3,(H2,18,19). The number of aliphatic imine (C=N–C) groups is 1. The van der Waals surface area contributed by atoms with Crippen molar-refractivity contribution in [2.75, 3.05) is 13.6 Å². The van der Waals surface area contributed by atoms with Crippen LogP contribution in [0.4, 0.5) is 0 Å². The predicted molar refractivity (Wildman–Crippen MR) is 87.6 cm³/mol. The lowest BCUT2D eigenvalue weighted by atomic mass is 9.86. The van der Waals surface area contributed by atoms with E-state index in [2.05, 4.69) is 36.3 Å². The molecule has 3 rings (SSSR count). The summed E-state index contributed by atoms with van der Waals surface area (Å²) in [5.74, 6) is 1.43. The molecular formula is C17H22N4O. The van der Waals surface area contributed by atoms with Crippen molar-refractivity contribution in [2.24, 2.45) is 10.7 Å². The molecule has 0 aliphatic carbocycles. The van der Waals surface area contributed by atoms with Gasteiger partial charge in [-0.25, -0.2) is 4.99 Å². The number of rotatable bonds is 2. The first-order valence-corrected chi connectivity index (χ1v) is 7.51. The fraction of sp³-hybridized carbons (Fsp3) is 0.412. The van der Waals surface area contributed by atoms with E-state index >= 15 is 0 Å². The van der Waals surface area contributed by atoms with Crippen LogP contribution in [0.25, 0.3) is 11.1 Å². The monoisotopic (exact) mass is 298 g/mol. The van der Waals surface area contributed by atoms with Crippen molar-refractivity contribution in [3.63, 3.8) is 0 Å². The molecule has 5 nitrogen and oxygen atoms in total. The maximum atomic E-state index is 6.02. The molecule has 0 saturated carbocycles. The average Bonchev–Trinajstić information content (AvgIpc) is 2.83. The summed E-state index contributed by atoms with van der Waals surface area (Å²) >= 11 is 0. The minimum absolute atomic E-state index is 0.286. The zero-order valence-corrected chi connectivity index (χ0v) is 13.6. The molecule has 1 aliphatic heterocycles. The van der Waals surface area contributed by atoms with Gasteiger partial charge in [-0.1, -0.05) is 23.4 Å². The van der Waals surface area contributed by atoms with Crippen LogP contribution < -0.4 is 5.73 Å². The molecule has 2 heterocycles. The SMILES string of the molecule is Cc1noc(C)c1-c1cccc(C2(C)CCN(C)C(N)=N2)c1. The molecule has 1 aromatic carbocycles. The predicted octanol–water partition coefficient (Wildman–Crippen LogP) is 2.82. The molecule has 1 unspecified atom stereocenters. The summed E-state index contributed by atoms with van der Waals surface area (Å²) in [6.45, 7) is 6.95. The topological polar surface area (TPSA) is 67.7 Å². The number of nitrogens with zero attached hydrogens (tertiary/aromatic N) is 3. The number of hydrogen-bond acceptors (Lipinski definition) is 5. The lowest BCUT2D eigenvalue weighted by Gasteiger charge is -2.35. The van der Waals surface area contributed by atoms with Crippen molar-refractivity contribution in [3.8, 4) is 11.1 Å². The van der Waals surface area contributed by atoms with Gasteiger partial charge in [-0.3, -0.25) is 0 Å². The molecule has 22 heavy (non-hydrogen) atoms. The fourth-order valence-corrected chi connectivity index (χ4v) is 3.01. The lowest BCUT2D eigenvalue weighted by molar-refractivity contribution is 0.339. The lowest BCUT2D eigenvalue weighted by Crippen LogP contribution is -2.43. The van der Waals surface area contributed by atoms with E-state index in [-0.39, 0.29) is 5.54 Å². The first-order valence-electron chi connectivity index (χ1n) is 7.51. The first-order chi connectivity index (χ1) is 10.4. The van der Waals surface area contributed by atoms with Crippen LogP contribution in [-0.2, 0) is 5.54 Å². The minimum Gasteiger partial charge on any atom is -0.370 e. The Morgan fingerprint density at radius 1 is 1.32 bits per heavy atom. The van der Waals surface area contributed by atoms with E-state index in [9.17, 15) is 0 Å². The van der Waals surface area contributed by atoms with Gasteiger partial charge < -0.3 is 15.2 Å². The molecule has 2 N–H and O–H groups in total. The van der Waals surface area contributed by atoms with Crippen LogP contribution in [-0.4, -0.2) is 29.6 Å². The highest BCUT2D eigenvalue weighted by Gasteiger charge is 2.31. The van der Waals surface area contributed by atoms with Gasteiger partial charge in [0.05, 0.1) is 11.2 Å². The van der Waals surface area contributed by atoms with Crippen molar-refractivity contribution in [2.45, 2.75) is 32.7 Å². The number of benzene rings is 1. The molecule has 0 amide bonds. The Kier molecular flexibility index (Phi) is 3.43.